The van der Waals surface area contributed by atoms with Gasteiger partial charge in [0.2, 0.25) is 0 Å². The molecule has 0 amide bonds. The highest BCUT2D eigenvalue weighted by molar-refractivity contribution is 5.32. The Morgan fingerprint density at radius 2 is 2.14 bits per heavy atom. The summed E-state index contributed by atoms with van der Waals surface area (Å²) in [7, 11) is 0. The molecular weight excluding hydrogens is 264 g/mol. The molecule has 0 saturated carbocycles. The lowest BCUT2D eigenvalue weighted by Crippen LogP contribution is -2.42. The molecule has 0 radical (unpaired) electrons. The van der Waals surface area contributed by atoms with Gasteiger partial charge in [-0.3, -0.25) is 4.90 Å². The van der Waals surface area contributed by atoms with Crippen LogP contribution in [0.15, 0.2) is 24.5 Å². The number of nitrogens with one attached hydrogen (secondary N) is 1. The normalized spacial score (nSPS) is 15.8. The van der Waals surface area contributed by atoms with Gasteiger partial charge in [-0.25, -0.2) is 9.67 Å². The molecular formula is C15H18N6. The van der Waals surface area contributed by atoms with Crippen molar-refractivity contribution in [3.63, 3.8) is 0 Å². The van der Waals surface area contributed by atoms with Crippen LogP contribution in [0.2, 0.25) is 0 Å². The summed E-state index contributed by atoms with van der Waals surface area (Å²) in [6, 6.07) is 6.10. The maximum Gasteiger partial charge on any atom is 0.165 e. The van der Waals surface area contributed by atoms with Crippen LogP contribution >= 0.6 is 0 Å². The standard InChI is InChI=1S/C15H18N6/c1-12-10-21(19-14(12)8-16)15-3-2-13(9-18-15)11-20-6-4-17-5-7-20/h2-3,9-10,17H,4-7,11H2,1H3. The number of rotatable bonds is 3. The maximum atomic E-state index is 8.95. The summed E-state index contributed by atoms with van der Waals surface area (Å²) in [5.41, 5.74) is 2.51. The smallest absolute Gasteiger partial charge is 0.165 e. The minimum absolute atomic E-state index is 0.446. The largest absolute Gasteiger partial charge is 0.314 e. The summed E-state index contributed by atoms with van der Waals surface area (Å²) in [5, 5.41) is 16.5. The molecule has 2 aromatic rings. The van der Waals surface area contributed by atoms with E-state index in [-0.39, 0.29) is 0 Å². The fourth-order valence-corrected chi connectivity index (χ4v) is 2.46. The van der Waals surface area contributed by atoms with E-state index in [9.17, 15) is 0 Å². The van der Waals surface area contributed by atoms with Gasteiger partial charge < -0.3 is 5.32 Å². The summed E-state index contributed by atoms with van der Waals surface area (Å²) in [6.45, 7) is 7.05. The Morgan fingerprint density at radius 3 is 2.76 bits per heavy atom. The van der Waals surface area contributed by atoms with Crippen LogP contribution in [0.25, 0.3) is 5.82 Å². The number of aryl methyl sites for hydroxylation is 1. The minimum Gasteiger partial charge on any atom is -0.314 e. The number of aromatic nitrogens is 3. The molecule has 6 nitrogen and oxygen atoms in total. The summed E-state index contributed by atoms with van der Waals surface area (Å²) in [4.78, 5) is 6.87. The highest BCUT2D eigenvalue weighted by Crippen LogP contribution is 2.11. The fourth-order valence-electron chi connectivity index (χ4n) is 2.46. The van der Waals surface area contributed by atoms with Crippen molar-refractivity contribution < 1.29 is 0 Å². The first kappa shape index (κ1) is 13.7. The Hall–Kier alpha value is -2.23. The van der Waals surface area contributed by atoms with E-state index >= 15 is 0 Å². The Morgan fingerprint density at radius 1 is 1.33 bits per heavy atom. The second-order valence-electron chi connectivity index (χ2n) is 5.27. The van der Waals surface area contributed by atoms with Gasteiger partial charge in [0, 0.05) is 50.7 Å². The Kier molecular flexibility index (Phi) is 3.95. The Labute approximate surface area is 124 Å². The van der Waals surface area contributed by atoms with E-state index in [0.29, 0.717) is 5.69 Å². The third-order valence-electron chi connectivity index (χ3n) is 3.66. The van der Waals surface area contributed by atoms with Gasteiger partial charge in [-0.1, -0.05) is 6.07 Å². The first-order valence-electron chi connectivity index (χ1n) is 7.11. The van der Waals surface area contributed by atoms with Crippen molar-refractivity contribution in [1.82, 2.24) is 25.0 Å². The predicted molar refractivity (Wildman–Crippen MR) is 79.0 cm³/mol. The highest BCUT2D eigenvalue weighted by atomic mass is 15.3. The van der Waals surface area contributed by atoms with Crippen molar-refractivity contribution in [2.45, 2.75) is 13.5 Å². The van der Waals surface area contributed by atoms with Crippen LogP contribution in [0.3, 0.4) is 0 Å². The van der Waals surface area contributed by atoms with Crippen molar-refractivity contribution in [3.05, 3.63) is 41.3 Å². The first-order valence-corrected chi connectivity index (χ1v) is 7.11. The Bertz CT molecular complexity index is 646. The van der Waals surface area contributed by atoms with Crippen molar-refractivity contribution in [1.29, 1.82) is 5.26 Å². The van der Waals surface area contributed by atoms with Crippen LogP contribution in [-0.4, -0.2) is 45.8 Å². The van der Waals surface area contributed by atoms with Gasteiger partial charge in [-0.2, -0.15) is 10.4 Å². The molecule has 1 fully saturated rings. The van der Waals surface area contributed by atoms with Gasteiger partial charge >= 0.3 is 0 Å². The molecule has 0 bridgehead atoms. The summed E-state index contributed by atoms with van der Waals surface area (Å²) in [6.07, 6.45) is 3.72. The molecule has 6 heteroatoms. The number of hydrogen-bond acceptors (Lipinski definition) is 5. The zero-order chi connectivity index (χ0) is 14.7. The third kappa shape index (κ3) is 3.10. The van der Waals surface area contributed by atoms with E-state index in [4.69, 9.17) is 5.26 Å². The van der Waals surface area contributed by atoms with Gasteiger partial charge in [-0.05, 0) is 18.6 Å². The summed E-state index contributed by atoms with van der Waals surface area (Å²) in [5.74, 6) is 0.740. The van der Waals surface area contributed by atoms with Crippen LogP contribution in [-0.2, 0) is 6.54 Å². The number of pyridine rings is 1. The lowest BCUT2D eigenvalue weighted by molar-refractivity contribution is 0.233. The summed E-state index contributed by atoms with van der Waals surface area (Å²) >= 11 is 0. The fraction of sp³-hybridized carbons (Fsp3) is 0.400. The number of piperazine rings is 1. The van der Waals surface area contributed by atoms with Crippen LogP contribution in [0.1, 0.15) is 16.8 Å². The van der Waals surface area contributed by atoms with Crippen LogP contribution in [0.5, 0.6) is 0 Å². The number of nitrogens with zero attached hydrogens (tertiary/aromatic N) is 5. The van der Waals surface area contributed by atoms with E-state index in [0.717, 1.165) is 44.1 Å². The Balaban J connectivity index is 1.72. The molecule has 0 atom stereocenters. The molecule has 3 heterocycles. The van der Waals surface area contributed by atoms with Gasteiger partial charge in [-0.15, -0.1) is 0 Å². The van der Waals surface area contributed by atoms with Gasteiger partial charge in [0.05, 0.1) is 0 Å². The quantitative estimate of drug-likeness (QED) is 0.904. The molecule has 0 spiro atoms. The molecule has 3 rings (SSSR count). The van der Waals surface area contributed by atoms with Gasteiger partial charge in [0.1, 0.15) is 6.07 Å². The first-order chi connectivity index (χ1) is 10.3. The molecule has 108 valence electrons. The monoisotopic (exact) mass is 282 g/mol. The van der Waals surface area contributed by atoms with E-state index in [1.165, 1.54) is 5.56 Å². The second kappa shape index (κ2) is 6.04. The van der Waals surface area contributed by atoms with Crippen molar-refractivity contribution >= 4 is 0 Å². The molecule has 0 aromatic carbocycles. The maximum absolute atomic E-state index is 8.95. The minimum atomic E-state index is 0.446. The van der Waals surface area contributed by atoms with Crippen LogP contribution in [0, 0.1) is 18.3 Å². The van der Waals surface area contributed by atoms with Crippen LogP contribution < -0.4 is 5.32 Å². The molecule has 0 aliphatic carbocycles. The molecule has 1 aliphatic rings. The average Bonchev–Trinajstić information content (AvgIpc) is 2.90. The van der Waals surface area contributed by atoms with Crippen molar-refractivity contribution in [2.75, 3.05) is 26.2 Å². The van der Waals surface area contributed by atoms with Gasteiger partial charge in [0.25, 0.3) is 0 Å². The average molecular weight is 282 g/mol. The van der Waals surface area contributed by atoms with Gasteiger partial charge in [0.15, 0.2) is 11.5 Å². The molecule has 1 aliphatic heterocycles. The predicted octanol–water partition coefficient (Wildman–Crippen LogP) is 0.853. The number of hydrogen-bond donors (Lipinski definition) is 1. The lowest BCUT2D eigenvalue weighted by Gasteiger charge is -2.27. The van der Waals surface area contributed by atoms with E-state index in [2.05, 4.69) is 32.4 Å². The third-order valence-corrected chi connectivity index (χ3v) is 3.66. The molecule has 1 N–H and O–H groups in total. The molecule has 2 aromatic heterocycles. The number of nitriles is 1. The van der Waals surface area contributed by atoms with E-state index in [1.807, 2.05) is 25.4 Å². The molecule has 0 unspecified atom stereocenters. The SMILES string of the molecule is Cc1cn(-c2ccc(CN3CCNCC3)cn2)nc1C#N. The van der Waals surface area contributed by atoms with Crippen molar-refractivity contribution in [3.8, 4) is 11.9 Å². The summed E-state index contributed by atoms with van der Waals surface area (Å²) < 4.78 is 1.66. The molecule has 21 heavy (non-hydrogen) atoms. The topological polar surface area (TPSA) is 69.8 Å². The van der Waals surface area contributed by atoms with E-state index in [1.54, 1.807) is 4.68 Å². The highest BCUT2D eigenvalue weighted by Gasteiger charge is 2.11. The zero-order valence-electron chi connectivity index (χ0n) is 12.1. The lowest BCUT2D eigenvalue weighted by atomic mass is 10.2. The van der Waals surface area contributed by atoms with Crippen molar-refractivity contribution in [2.24, 2.45) is 0 Å². The zero-order valence-corrected chi connectivity index (χ0v) is 12.1. The van der Waals surface area contributed by atoms with E-state index < -0.39 is 0 Å². The van der Waals surface area contributed by atoms with Crippen LogP contribution in [0.4, 0.5) is 0 Å². The second-order valence-corrected chi connectivity index (χ2v) is 5.27. The molecule has 1 saturated heterocycles.